The molecule has 0 unspecified atom stereocenters. The molecule has 7 heteroatoms. The lowest BCUT2D eigenvalue weighted by Crippen LogP contribution is -2.15. The van der Waals surface area contributed by atoms with Crippen LogP contribution >= 0.6 is 0 Å². The topological polar surface area (TPSA) is 76.1 Å². The number of methoxy groups -OCH3 is 1. The van der Waals surface area contributed by atoms with Crippen molar-refractivity contribution in [1.29, 1.82) is 0 Å². The van der Waals surface area contributed by atoms with E-state index < -0.39 is 0 Å². The lowest BCUT2D eigenvalue weighted by Gasteiger charge is -2.09. The van der Waals surface area contributed by atoms with Gasteiger partial charge in [-0.05, 0) is 55.5 Å². The number of hydrogen-bond acceptors (Lipinski definition) is 5. The highest BCUT2D eigenvalue weighted by Crippen LogP contribution is 2.18. The molecule has 0 bridgehead atoms. The van der Waals surface area contributed by atoms with Crippen molar-refractivity contribution < 1.29 is 13.9 Å². The van der Waals surface area contributed by atoms with E-state index in [-0.39, 0.29) is 17.4 Å². The first-order chi connectivity index (χ1) is 12.5. The largest absolute Gasteiger partial charge is 0.497 e. The Kier molecular flexibility index (Phi) is 5.07. The van der Waals surface area contributed by atoms with Crippen LogP contribution in [0.2, 0.25) is 0 Å². The molecule has 0 atom stereocenters. The minimum absolute atomic E-state index is 0.220. The number of amides is 1. The van der Waals surface area contributed by atoms with Gasteiger partial charge in [0.05, 0.1) is 7.11 Å². The monoisotopic (exact) mass is 352 g/mol. The van der Waals surface area contributed by atoms with Crippen molar-refractivity contribution in [3.05, 3.63) is 71.9 Å². The zero-order chi connectivity index (χ0) is 18.5. The summed E-state index contributed by atoms with van der Waals surface area (Å²) < 4.78 is 18.1. The number of carbonyl (C=O) groups is 1. The van der Waals surface area contributed by atoms with E-state index in [0.717, 1.165) is 0 Å². The molecule has 0 radical (unpaired) electrons. The van der Waals surface area contributed by atoms with Gasteiger partial charge in [0.2, 0.25) is 0 Å². The summed E-state index contributed by atoms with van der Waals surface area (Å²) in [5, 5.41) is 5.81. The van der Waals surface area contributed by atoms with Crippen LogP contribution in [0.5, 0.6) is 5.75 Å². The number of nitrogens with one attached hydrogen (secondary N) is 2. The third kappa shape index (κ3) is 4.32. The third-order valence-electron chi connectivity index (χ3n) is 3.54. The first kappa shape index (κ1) is 17.3. The predicted molar refractivity (Wildman–Crippen MR) is 97.4 cm³/mol. The van der Waals surface area contributed by atoms with Crippen LogP contribution in [0.4, 0.5) is 21.6 Å². The second-order valence-corrected chi connectivity index (χ2v) is 5.50. The third-order valence-corrected chi connectivity index (χ3v) is 3.54. The molecule has 0 saturated heterocycles. The van der Waals surface area contributed by atoms with Crippen LogP contribution in [0, 0.1) is 12.7 Å². The van der Waals surface area contributed by atoms with E-state index in [9.17, 15) is 9.18 Å². The van der Waals surface area contributed by atoms with Crippen molar-refractivity contribution in [2.24, 2.45) is 0 Å². The number of rotatable bonds is 5. The Morgan fingerprint density at radius 1 is 1.00 bits per heavy atom. The Bertz CT molecular complexity index is 912. The van der Waals surface area contributed by atoms with Gasteiger partial charge in [-0.2, -0.15) is 0 Å². The molecule has 0 spiro atoms. The Labute approximate surface area is 150 Å². The summed E-state index contributed by atoms with van der Waals surface area (Å²) in [7, 11) is 1.58. The van der Waals surface area contributed by atoms with Gasteiger partial charge in [0.1, 0.15) is 28.9 Å². The molecule has 0 fully saturated rings. The second-order valence-electron chi connectivity index (χ2n) is 5.50. The molecule has 0 aliphatic heterocycles. The highest BCUT2D eigenvalue weighted by atomic mass is 19.1. The summed E-state index contributed by atoms with van der Waals surface area (Å²) in [4.78, 5) is 20.9. The van der Waals surface area contributed by atoms with E-state index in [4.69, 9.17) is 4.74 Å². The maximum Gasteiger partial charge on any atom is 0.274 e. The molecular weight excluding hydrogens is 335 g/mol. The van der Waals surface area contributed by atoms with Gasteiger partial charge in [-0.1, -0.05) is 0 Å². The number of aryl methyl sites for hydroxylation is 1. The van der Waals surface area contributed by atoms with Crippen LogP contribution in [-0.2, 0) is 0 Å². The Morgan fingerprint density at radius 3 is 2.31 bits per heavy atom. The second kappa shape index (κ2) is 7.60. The van der Waals surface area contributed by atoms with Gasteiger partial charge in [-0.25, -0.2) is 14.4 Å². The summed E-state index contributed by atoms with van der Waals surface area (Å²) in [6.07, 6.45) is 0. The molecule has 132 valence electrons. The van der Waals surface area contributed by atoms with Crippen molar-refractivity contribution in [2.45, 2.75) is 6.92 Å². The van der Waals surface area contributed by atoms with E-state index in [1.165, 1.54) is 18.2 Å². The molecule has 3 rings (SSSR count). The molecular formula is C19H17FN4O2. The predicted octanol–water partition coefficient (Wildman–Crippen LogP) is 3.93. The van der Waals surface area contributed by atoms with Gasteiger partial charge >= 0.3 is 0 Å². The van der Waals surface area contributed by atoms with Crippen LogP contribution in [0.25, 0.3) is 0 Å². The van der Waals surface area contributed by atoms with Crippen LogP contribution in [0.1, 0.15) is 16.3 Å². The fourth-order valence-electron chi connectivity index (χ4n) is 2.30. The van der Waals surface area contributed by atoms with Crippen molar-refractivity contribution in [3.63, 3.8) is 0 Å². The molecule has 0 aliphatic rings. The van der Waals surface area contributed by atoms with E-state index >= 15 is 0 Å². The molecule has 26 heavy (non-hydrogen) atoms. The molecule has 2 N–H and O–H groups in total. The maximum absolute atomic E-state index is 13.0. The quantitative estimate of drug-likeness (QED) is 0.728. The summed E-state index contributed by atoms with van der Waals surface area (Å²) in [5.74, 6) is 0.907. The normalized spacial score (nSPS) is 10.3. The average Bonchev–Trinajstić information content (AvgIpc) is 2.64. The first-order valence-electron chi connectivity index (χ1n) is 7.87. The standard InChI is InChI=1S/C19H17FN4O2/c1-12-21-17(19(25)24-15-7-9-16(26-2)10-8-15)11-18(22-12)23-14-5-3-13(20)4-6-14/h3-11H,1-2H3,(H,24,25)(H,21,22,23). The number of nitrogens with zero attached hydrogens (tertiary/aromatic N) is 2. The van der Waals surface area contributed by atoms with E-state index in [2.05, 4.69) is 20.6 Å². The lowest BCUT2D eigenvalue weighted by atomic mass is 10.2. The van der Waals surface area contributed by atoms with Crippen molar-refractivity contribution in [3.8, 4) is 5.75 Å². The summed E-state index contributed by atoms with van der Waals surface area (Å²) >= 11 is 0. The maximum atomic E-state index is 13.0. The zero-order valence-corrected chi connectivity index (χ0v) is 14.3. The van der Waals surface area contributed by atoms with E-state index in [0.29, 0.717) is 28.8 Å². The summed E-state index contributed by atoms with van der Waals surface area (Å²) in [6, 6.07) is 14.4. The average molecular weight is 352 g/mol. The molecule has 1 amide bonds. The molecule has 1 aromatic heterocycles. The number of anilines is 3. The molecule has 0 saturated carbocycles. The Balaban J connectivity index is 1.77. The van der Waals surface area contributed by atoms with Crippen LogP contribution in [0.3, 0.4) is 0 Å². The van der Waals surface area contributed by atoms with Crippen molar-refractivity contribution >= 4 is 23.1 Å². The number of benzene rings is 2. The fraction of sp³-hybridized carbons (Fsp3) is 0.105. The van der Waals surface area contributed by atoms with Gasteiger partial charge in [-0.15, -0.1) is 0 Å². The highest BCUT2D eigenvalue weighted by molar-refractivity contribution is 6.03. The summed E-state index contributed by atoms with van der Waals surface area (Å²) in [6.45, 7) is 1.69. The Hall–Kier alpha value is -3.48. The van der Waals surface area contributed by atoms with Crippen molar-refractivity contribution in [1.82, 2.24) is 9.97 Å². The molecule has 3 aromatic rings. The zero-order valence-electron chi connectivity index (χ0n) is 14.3. The fourth-order valence-corrected chi connectivity index (χ4v) is 2.30. The number of carbonyl (C=O) groups excluding carboxylic acids is 1. The van der Waals surface area contributed by atoms with Crippen LogP contribution in [0.15, 0.2) is 54.6 Å². The molecule has 6 nitrogen and oxygen atoms in total. The van der Waals surface area contributed by atoms with Gasteiger partial charge in [0.15, 0.2) is 0 Å². The van der Waals surface area contributed by atoms with E-state index in [1.807, 2.05) is 0 Å². The summed E-state index contributed by atoms with van der Waals surface area (Å²) in [5.41, 5.74) is 1.50. The SMILES string of the molecule is COc1ccc(NC(=O)c2cc(Nc3ccc(F)cc3)nc(C)n2)cc1. The number of ether oxygens (including phenoxy) is 1. The van der Waals surface area contributed by atoms with Crippen LogP contribution in [-0.4, -0.2) is 23.0 Å². The van der Waals surface area contributed by atoms with Gasteiger partial charge in [-0.3, -0.25) is 4.79 Å². The smallest absolute Gasteiger partial charge is 0.274 e. The highest BCUT2D eigenvalue weighted by Gasteiger charge is 2.11. The minimum Gasteiger partial charge on any atom is -0.497 e. The van der Waals surface area contributed by atoms with Crippen LogP contribution < -0.4 is 15.4 Å². The molecule has 0 aliphatic carbocycles. The van der Waals surface area contributed by atoms with Gasteiger partial charge in [0, 0.05) is 17.4 Å². The van der Waals surface area contributed by atoms with E-state index in [1.54, 1.807) is 50.4 Å². The Morgan fingerprint density at radius 2 is 1.65 bits per heavy atom. The molecule has 2 aromatic carbocycles. The first-order valence-corrected chi connectivity index (χ1v) is 7.87. The number of halogens is 1. The van der Waals surface area contributed by atoms with Gasteiger partial charge in [0.25, 0.3) is 5.91 Å². The molecule has 1 heterocycles. The van der Waals surface area contributed by atoms with Crippen molar-refractivity contribution in [2.75, 3.05) is 17.7 Å². The van der Waals surface area contributed by atoms with Gasteiger partial charge < -0.3 is 15.4 Å². The lowest BCUT2D eigenvalue weighted by molar-refractivity contribution is 0.102. The minimum atomic E-state index is -0.358. The number of hydrogen-bond donors (Lipinski definition) is 2. The number of aromatic nitrogens is 2.